The summed E-state index contributed by atoms with van der Waals surface area (Å²) in [5, 5.41) is 10.9. The van der Waals surface area contributed by atoms with Gasteiger partial charge in [0.25, 0.3) is 0 Å². The van der Waals surface area contributed by atoms with Gasteiger partial charge >= 0.3 is 17.7 Å². The smallest absolute Gasteiger partial charge is 0.427 e. The van der Waals surface area contributed by atoms with E-state index in [1.54, 1.807) is 6.07 Å². The van der Waals surface area contributed by atoms with Crippen molar-refractivity contribution < 1.29 is 19.2 Å². The van der Waals surface area contributed by atoms with Crippen molar-refractivity contribution in [2.75, 3.05) is 12.8 Å². The van der Waals surface area contributed by atoms with Crippen molar-refractivity contribution in [1.82, 2.24) is 9.55 Å². The molecule has 110 valence electrons. The van der Waals surface area contributed by atoms with Crippen LogP contribution < -0.4 is 10.5 Å². The number of aromatic nitrogens is 2. The number of anilines is 1. The minimum atomic E-state index is -0.701. The first kappa shape index (κ1) is 14.3. The molecule has 9 heteroatoms. The number of rotatable bonds is 4. The molecule has 0 aliphatic heterocycles. The summed E-state index contributed by atoms with van der Waals surface area (Å²) < 4.78 is 11.4. The molecule has 0 amide bonds. The number of carbonyl (C=O) groups excluding carboxylic acids is 1. The normalized spacial score (nSPS) is 10.2. The molecule has 9 nitrogen and oxygen atoms in total. The Bertz CT molecular complexity index is 710. The summed E-state index contributed by atoms with van der Waals surface area (Å²) in [7, 11) is 2.73. The largest absolute Gasteiger partial charge is 0.465 e. The van der Waals surface area contributed by atoms with Crippen molar-refractivity contribution in [3.8, 4) is 11.6 Å². The van der Waals surface area contributed by atoms with Gasteiger partial charge in [0.2, 0.25) is 6.33 Å². The molecule has 0 aliphatic rings. The number of hydrogen-bond donors (Lipinski definition) is 1. The number of hydrogen-bond acceptors (Lipinski definition) is 7. The monoisotopic (exact) mass is 292 g/mol. The number of esters is 1. The lowest BCUT2D eigenvalue weighted by atomic mass is 10.1. The van der Waals surface area contributed by atoms with Crippen LogP contribution in [0.25, 0.3) is 0 Å². The molecule has 1 aromatic heterocycles. The third-order valence-corrected chi connectivity index (χ3v) is 2.69. The molecule has 0 radical (unpaired) electrons. The molecular weight excluding hydrogens is 280 g/mol. The summed E-state index contributed by atoms with van der Waals surface area (Å²) in [6.07, 6.45) is 1.23. The first-order valence-electron chi connectivity index (χ1n) is 5.76. The number of carbonyl (C=O) groups is 1. The van der Waals surface area contributed by atoms with E-state index in [1.165, 1.54) is 37.2 Å². The van der Waals surface area contributed by atoms with E-state index in [9.17, 15) is 14.9 Å². The van der Waals surface area contributed by atoms with Gasteiger partial charge in [-0.3, -0.25) is 4.57 Å². The second-order valence-corrected chi connectivity index (χ2v) is 4.06. The van der Waals surface area contributed by atoms with Gasteiger partial charge in [0.15, 0.2) is 0 Å². The Morgan fingerprint density at radius 2 is 2.19 bits per heavy atom. The number of benzene rings is 1. The molecule has 1 aromatic carbocycles. The Kier molecular flexibility index (Phi) is 3.74. The van der Waals surface area contributed by atoms with E-state index in [0.29, 0.717) is 0 Å². The lowest BCUT2D eigenvalue weighted by molar-refractivity contribution is -0.390. The van der Waals surface area contributed by atoms with Gasteiger partial charge in [-0.1, -0.05) is 6.07 Å². The van der Waals surface area contributed by atoms with Gasteiger partial charge in [-0.25, -0.2) is 4.79 Å². The summed E-state index contributed by atoms with van der Waals surface area (Å²) in [4.78, 5) is 25.6. The first-order chi connectivity index (χ1) is 9.95. The number of aryl methyl sites for hydroxylation is 1. The molecule has 0 atom stereocenters. The third kappa shape index (κ3) is 2.61. The van der Waals surface area contributed by atoms with Crippen LogP contribution in [0.15, 0.2) is 24.5 Å². The zero-order valence-corrected chi connectivity index (χ0v) is 11.3. The number of nitrogen functional groups attached to an aromatic ring is 1. The molecule has 0 bridgehead atoms. The maximum Gasteiger partial charge on any atom is 0.427 e. The third-order valence-electron chi connectivity index (χ3n) is 2.69. The van der Waals surface area contributed by atoms with Crippen LogP contribution in [-0.2, 0) is 11.8 Å². The van der Waals surface area contributed by atoms with Crippen molar-refractivity contribution in [1.29, 1.82) is 0 Å². The van der Waals surface area contributed by atoms with Gasteiger partial charge < -0.3 is 25.3 Å². The zero-order chi connectivity index (χ0) is 15.6. The molecule has 21 heavy (non-hydrogen) atoms. The highest BCUT2D eigenvalue weighted by atomic mass is 16.6. The van der Waals surface area contributed by atoms with Crippen LogP contribution in [0.5, 0.6) is 11.6 Å². The highest BCUT2D eigenvalue weighted by molar-refractivity contribution is 5.98. The fraction of sp³-hybridized carbons (Fsp3) is 0.167. The van der Waals surface area contributed by atoms with Gasteiger partial charge in [0.1, 0.15) is 11.3 Å². The second kappa shape index (κ2) is 5.49. The van der Waals surface area contributed by atoms with Crippen LogP contribution in [0.2, 0.25) is 0 Å². The number of imidazole rings is 1. The van der Waals surface area contributed by atoms with Gasteiger partial charge in [-0.15, -0.1) is 0 Å². The fourth-order valence-corrected chi connectivity index (χ4v) is 1.71. The van der Waals surface area contributed by atoms with E-state index in [4.69, 9.17) is 10.5 Å². The predicted molar refractivity (Wildman–Crippen MR) is 72.1 cm³/mol. The van der Waals surface area contributed by atoms with E-state index in [0.717, 1.165) is 0 Å². The van der Waals surface area contributed by atoms with Crippen LogP contribution in [0.1, 0.15) is 10.4 Å². The number of nitrogens with zero attached hydrogens (tertiary/aromatic N) is 3. The Morgan fingerprint density at radius 3 is 2.81 bits per heavy atom. The first-order valence-corrected chi connectivity index (χ1v) is 5.76. The van der Waals surface area contributed by atoms with Crippen molar-refractivity contribution in [3.05, 3.63) is 40.2 Å². The Labute approximate surface area is 119 Å². The molecule has 2 aromatic rings. The van der Waals surface area contributed by atoms with Crippen molar-refractivity contribution in [2.24, 2.45) is 7.05 Å². The van der Waals surface area contributed by atoms with Crippen LogP contribution in [-0.4, -0.2) is 27.6 Å². The summed E-state index contributed by atoms with van der Waals surface area (Å²) in [5.74, 6) is -1.23. The number of nitro groups is 1. The van der Waals surface area contributed by atoms with E-state index in [2.05, 4.69) is 9.72 Å². The quantitative estimate of drug-likeness (QED) is 0.392. The van der Waals surface area contributed by atoms with Gasteiger partial charge in [0, 0.05) is 12.7 Å². The van der Waals surface area contributed by atoms with Crippen LogP contribution in [0.4, 0.5) is 11.5 Å². The minimum absolute atomic E-state index is 0.00417. The summed E-state index contributed by atoms with van der Waals surface area (Å²) in [5.41, 5.74) is 5.86. The standard InChI is InChI=1S/C12H12N4O5/c1-15-6-14-10(16(18)19)11(15)21-8-5-3-4-7(13)9(8)12(17)20-2/h3-6H,13H2,1-2H3. The van der Waals surface area contributed by atoms with E-state index >= 15 is 0 Å². The van der Waals surface area contributed by atoms with Crippen LogP contribution in [0, 0.1) is 10.1 Å². The predicted octanol–water partition coefficient (Wildman–Crippen LogP) is 1.49. The zero-order valence-electron chi connectivity index (χ0n) is 11.3. The highest BCUT2D eigenvalue weighted by Crippen LogP contribution is 2.33. The molecule has 0 fully saturated rings. The van der Waals surface area contributed by atoms with Crippen molar-refractivity contribution in [2.45, 2.75) is 0 Å². The van der Waals surface area contributed by atoms with Crippen LogP contribution >= 0.6 is 0 Å². The van der Waals surface area contributed by atoms with Gasteiger partial charge in [0.05, 0.1) is 7.11 Å². The molecule has 0 unspecified atom stereocenters. The summed E-state index contributed by atoms with van der Waals surface area (Å²) in [6, 6.07) is 4.51. The van der Waals surface area contributed by atoms with E-state index in [1.807, 2.05) is 0 Å². The molecular formula is C12H12N4O5. The molecule has 0 spiro atoms. The van der Waals surface area contributed by atoms with Crippen LogP contribution in [0.3, 0.4) is 0 Å². The average molecular weight is 292 g/mol. The summed E-state index contributed by atoms with van der Waals surface area (Å²) in [6.45, 7) is 0. The van der Waals surface area contributed by atoms with E-state index < -0.39 is 16.7 Å². The molecule has 2 N–H and O–H groups in total. The molecule has 0 saturated carbocycles. The SMILES string of the molecule is COC(=O)c1c(N)cccc1Oc1c([N+](=O)[O-])ncn1C. The lowest BCUT2D eigenvalue weighted by Crippen LogP contribution is -2.08. The minimum Gasteiger partial charge on any atom is -0.465 e. The molecule has 2 rings (SSSR count). The maximum atomic E-state index is 11.7. The lowest BCUT2D eigenvalue weighted by Gasteiger charge is -2.11. The van der Waals surface area contributed by atoms with E-state index in [-0.39, 0.29) is 22.9 Å². The van der Waals surface area contributed by atoms with Gasteiger partial charge in [-0.2, -0.15) is 0 Å². The van der Waals surface area contributed by atoms with Crippen molar-refractivity contribution >= 4 is 17.5 Å². The summed E-state index contributed by atoms with van der Waals surface area (Å²) >= 11 is 0. The fourth-order valence-electron chi connectivity index (χ4n) is 1.71. The molecule has 0 aliphatic carbocycles. The molecule has 0 saturated heterocycles. The van der Waals surface area contributed by atoms with Crippen molar-refractivity contribution in [3.63, 3.8) is 0 Å². The number of methoxy groups -OCH3 is 1. The number of ether oxygens (including phenoxy) is 2. The Morgan fingerprint density at radius 1 is 1.48 bits per heavy atom. The maximum absolute atomic E-state index is 11.7. The van der Waals surface area contributed by atoms with Gasteiger partial charge in [-0.05, 0) is 22.0 Å². The number of nitrogens with two attached hydrogens (primary N) is 1. The Balaban J connectivity index is 2.50. The average Bonchev–Trinajstić information content (AvgIpc) is 2.80. The highest BCUT2D eigenvalue weighted by Gasteiger charge is 2.25. The second-order valence-electron chi connectivity index (χ2n) is 4.06. The molecule has 1 heterocycles. The Hall–Kier alpha value is -3.10. The topological polar surface area (TPSA) is 123 Å².